The minimum absolute atomic E-state index is 0.645. The van der Waals surface area contributed by atoms with E-state index in [1.54, 1.807) is 5.51 Å². The molecular formula is C11H12N4S. The molecule has 16 heavy (non-hydrogen) atoms. The second-order valence-corrected chi connectivity index (χ2v) is 4.06. The van der Waals surface area contributed by atoms with E-state index in [0.29, 0.717) is 5.84 Å². The second-order valence-electron chi connectivity index (χ2n) is 3.21. The van der Waals surface area contributed by atoms with Crippen LogP contribution in [0.1, 0.15) is 10.6 Å². The smallest absolute Gasteiger partial charge is 0.159 e. The van der Waals surface area contributed by atoms with Crippen LogP contribution < -0.4 is 11.3 Å². The van der Waals surface area contributed by atoms with E-state index < -0.39 is 0 Å². The number of aliphatic imine (C=N–C) groups is 1. The van der Waals surface area contributed by atoms with Crippen LogP contribution in [0.2, 0.25) is 0 Å². The van der Waals surface area contributed by atoms with E-state index >= 15 is 0 Å². The molecule has 0 aliphatic rings. The minimum atomic E-state index is 0.645. The van der Waals surface area contributed by atoms with E-state index in [2.05, 4.69) is 15.4 Å². The largest absolute Gasteiger partial charge is 0.307 e. The van der Waals surface area contributed by atoms with Gasteiger partial charge in [0.2, 0.25) is 0 Å². The number of hydrogen-bond donors (Lipinski definition) is 2. The Bertz CT molecular complexity index is 490. The lowest BCUT2D eigenvalue weighted by molar-refractivity contribution is 1.02. The van der Waals surface area contributed by atoms with Gasteiger partial charge in [-0.25, -0.2) is 15.8 Å². The van der Waals surface area contributed by atoms with Gasteiger partial charge in [0.25, 0.3) is 0 Å². The normalized spacial score (nSPS) is 11.5. The molecule has 2 aromatic rings. The number of para-hydroxylation sites is 1. The Balaban J connectivity index is 2.37. The molecule has 0 spiro atoms. The van der Waals surface area contributed by atoms with Gasteiger partial charge in [0.1, 0.15) is 0 Å². The fraction of sp³-hybridized carbons (Fsp3) is 0.0909. The zero-order chi connectivity index (χ0) is 11.4. The van der Waals surface area contributed by atoms with Gasteiger partial charge in [-0.3, -0.25) is 0 Å². The zero-order valence-electron chi connectivity index (χ0n) is 8.84. The number of thiazole rings is 1. The van der Waals surface area contributed by atoms with Gasteiger partial charge >= 0.3 is 0 Å². The zero-order valence-corrected chi connectivity index (χ0v) is 9.66. The summed E-state index contributed by atoms with van der Waals surface area (Å²) in [5, 5.41) is 0. The number of hydrazine groups is 1. The van der Waals surface area contributed by atoms with E-state index in [1.807, 2.05) is 37.3 Å². The van der Waals surface area contributed by atoms with Crippen molar-refractivity contribution in [3.05, 3.63) is 46.4 Å². The highest BCUT2D eigenvalue weighted by molar-refractivity contribution is 7.12. The Morgan fingerprint density at radius 2 is 2.12 bits per heavy atom. The number of benzene rings is 1. The van der Waals surface area contributed by atoms with Gasteiger partial charge < -0.3 is 5.43 Å². The third-order valence-electron chi connectivity index (χ3n) is 2.09. The number of nitrogens with two attached hydrogens (primary N) is 1. The summed E-state index contributed by atoms with van der Waals surface area (Å²) in [7, 11) is 0. The molecule has 3 N–H and O–H groups in total. The molecule has 5 heteroatoms. The molecule has 2 rings (SSSR count). The highest BCUT2D eigenvalue weighted by Crippen LogP contribution is 2.16. The van der Waals surface area contributed by atoms with Crippen molar-refractivity contribution in [3.8, 4) is 0 Å². The van der Waals surface area contributed by atoms with Crippen molar-refractivity contribution in [2.75, 3.05) is 0 Å². The van der Waals surface area contributed by atoms with Gasteiger partial charge in [-0.1, -0.05) is 18.2 Å². The molecule has 0 unspecified atom stereocenters. The molecule has 0 saturated heterocycles. The highest BCUT2D eigenvalue weighted by Gasteiger charge is 2.08. The first-order valence-corrected chi connectivity index (χ1v) is 5.70. The molecule has 0 saturated carbocycles. The molecule has 0 bridgehead atoms. The number of aryl methyl sites for hydroxylation is 1. The Morgan fingerprint density at radius 1 is 1.38 bits per heavy atom. The number of nitrogens with one attached hydrogen (secondary N) is 1. The summed E-state index contributed by atoms with van der Waals surface area (Å²) >= 11 is 1.52. The molecule has 0 aliphatic heterocycles. The second kappa shape index (κ2) is 4.87. The standard InChI is InChI=1S/C11H12N4S/c1-8-10(16-7-13-8)11(15-12)14-9-5-3-2-4-6-9/h2-7H,12H2,1H3,(H,14,15). The van der Waals surface area contributed by atoms with Crippen molar-refractivity contribution in [1.82, 2.24) is 10.4 Å². The maximum absolute atomic E-state index is 5.48. The molecule has 0 radical (unpaired) electrons. The van der Waals surface area contributed by atoms with Crippen molar-refractivity contribution in [3.63, 3.8) is 0 Å². The van der Waals surface area contributed by atoms with Crippen molar-refractivity contribution >= 4 is 22.9 Å². The molecule has 0 amide bonds. The Labute approximate surface area is 97.8 Å². The van der Waals surface area contributed by atoms with Gasteiger partial charge in [0.15, 0.2) is 5.84 Å². The molecule has 1 heterocycles. The number of rotatable bonds is 2. The monoisotopic (exact) mass is 232 g/mol. The first-order valence-electron chi connectivity index (χ1n) is 4.82. The van der Waals surface area contributed by atoms with Crippen LogP contribution in [-0.4, -0.2) is 10.8 Å². The summed E-state index contributed by atoms with van der Waals surface area (Å²) in [6.45, 7) is 1.93. The molecule has 0 atom stereocenters. The molecule has 0 aliphatic carbocycles. The van der Waals surface area contributed by atoms with E-state index in [4.69, 9.17) is 5.84 Å². The van der Waals surface area contributed by atoms with Crippen LogP contribution in [0, 0.1) is 6.92 Å². The van der Waals surface area contributed by atoms with Crippen molar-refractivity contribution in [2.45, 2.75) is 6.92 Å². The summed E-state index contributed by atoms with van der Waals surface area (Å²) in [4.78, 5) is 9.56. The predicted molar refractivity (Wildman–Crippen MR) is 66.8 cm³/mol. The summed E-state index contributed by atoms with van der Waals surface area (Å²) < 4.78 is 0. The van der Waals surface area contributed by atoms with Crippen molar-refractivity contribution < 1.29 is 0 Å². The maximum atomic E-state index is 5.48. The molecule has 82 valence electrons. The van der Waals surface area contributed by atoms with Gasteiger partial charge in [-0.05, 0) is 19.1 Å². The molecule has 1 aromatic heterocycles. The van der Waals surface area contributed by atoms with Crippen LogP contribution in [0.25, 0.3) is 0 Å². The third kappa shape index (κ3) is 2.26. The van der Waals surface area contributed by atoms with Crippen molar-refractivity contribution in [1.29, 1.82) is 0 Å². The van der Waals surface area contributed by atoms with Crippen molar-refractivity contribution in [2.24, 2.45) is 10.8 Å². The fourth-order valence-electron chi connectivity index (χ4n) is 1.31. The number of nitrogens with zero attached hydrogens (tertiary/aromatic N) is 2. The van der Waals surface area contributed by atoms with E-state index in [9.17, 15) is 0 Å². The third-order valence-corrected chi connectivity index (χ3v) is 3.03. The predicted octanol–water partition coefficient (Wildman–Crippen LogP) is 1.99. The number of aromatic nitrogens is 1. The summed E-state index contributed by atoms with van der Waals surface area (Å²) in [6.07, 6.45) is 0. The molecular weight excluding hydrogens is 220 g/mol. The molecule has 4 nitrogen and oxygen atoms in total. The fourth-order valence-corrected chi connectivity index (χ4v) is 2.07. The van der Waals surface area contributed by atoms with E-state index in [0.717, 1.165) is 16.3 Å². The number of amidine groups is 1. The Hall–Kier alpha value is -1.72. The lowest BCUT2D eigenvalue weighted by Gasteiger charge is -2.03. The Morgan fingerprint density at radius 3 is 2.69 bits per heavy atom. The topological polar surface area (TPSA) is 63.3 Å². The van der Waals surface area contributed by atoms with Crippen LogP contribution >= 0.6 is 11.3 Å². The van der Waals surface area contributed by atoms with Crippen LogP contribution in [0.4, 0.5) is 5.69 Å². The summed E-state index contributed by atoms with van der Waals surface area (Å²) in [6, 6.07) is 9.67. The first kappa shape index (κ1) is 10.8. The highest BCUT2D eigenvalue weighted by atomic mass is 32.1. The average Bonchev–Trinajstić information content (AvgIpc) is 2.74. The summed E-state index contributed by atoms with van der Waals surface area (Å²) in [5.74, 6) is 6.12. The first-order chi connectivity index (χ1) is 7.81. The lowest BCUT2D eigenvalue weighted by atomic mass is 10.3. The van der Waals surface area contributed by atoms with Crippen LogP contribution in [0.15, 0.2) is 40.8 Å². The van der Waals surface area contributed by atoms with E-state index in [-0.39, 0.29) is 0 Å². The Kier molecular flexibility index (Phi) is 3.28. The quantitative estimate of drug-likeness (QED) is 0.360. The molecule has 1 aromatic carbocycles. The maximum Gasteiger partial charge on any atom is 0.159 e. The van der Waals surface area contributed by atoms with Gasteiger partial charge in [0.05, 0.1) is 21.8 Å². The van der Waals surface area contributed by atoms with Crippen LogP contribution in [0.5, 0.6) is 0 Å². The number of hydrogen-bond acceptors (Lipinski definition) is 4. The van der Waals surface area contributed by atoms with Gasteiger partial charge in [0, 0.05) is 0 Å². The van der Waals surface area contributed by atoms with Gasteiger partial charge in [-0.2, -0.15) is 0 Å². The summed E-state index contributed by atoms with van der Waals surface area (Å²) in [5.41, 5.74) is 6.19. The van der Waals surface area contributed by atoms with Gasteiger partial charge in [-0.15, -0.1) is 11.3 Å². The van der Waals surface area contributed by atoms with Crippen LogP contribution in [-0.2, 0) is 0 Å². The average molecular weight is 232 g/mol. The van der Waals surface area contributed by atoms with E-state index in [1.165, 1.54) is 11.3 Å². The lowest BCUT2D eigenvalue weighted by Crippen LogP contribution is -2.30. The SMILES string of the molecule is Cc1ncsc1C(=Nc1ccccc1)NN. The minimum Gasteiger partial charge on any atom is -0.307 e. The van der Waals surface area contributed by atoms with Crippen LogP contribution in [0.3, 0.4) is 0 Å². The molecule has 0 fully saturated rings.